The van der Waals surface area contributed by atoms with Crippen molar-refractivity contribution in [3.05, 3.63) is 11.6 Å². The lowest BCUT2D eigenvalue weighted by Gasteiger charge is -2.47. The number of ether oxygens (including phenoxy) is 1. The van der Waals surface area contributed by atoms with Gasteiger partial charge in [0.15, 0.2) is 0 Å². The Balaban J connectivity index is 1.80. The van der Waals surface area contributed by atoms with Crippen molar-refractivity contribution in [2.45, 2.75) is 72.3 Å². The summed E-state index contributed by atoms with van der Waals surface area (Å²) in [5, 5.41) is 0. The van der Waals surface area contributed by atoms with E-state index in [9.17, 15) is 9.59 Å². The molecule has 0 aromatic rings. The highest BCUT2D eigenvalue weighted by Gasteiger charge is 2.62. The van der Waals surface area contributed by atoms with E-state index in [1.54, 1.807) is 0 Å². The number of carbonyl (C=O) groups is 2. The third-order valence-corrected chi connectivity index (χ3v) is 6.78. The van der Waals surface area contributed by atoms with Gasteiger partial charge < -0.3 is 4.74 Å². The van der Waals surface area contributed by atoms with Crippen molar-refractivity contribution >= 4 is 11.8 Å². The van der Waals surface area contributed by atoms with Gasteiger partial charge in [0.05, 0.1) is 6.42 Å². The van der Waals surface area contributed by atoms with Crippen LogP contribution in [0, 0.1) is 29.1 Å². The summed E-state index contributed by atoms with van der Waals surface area (Å²) < 4.78 is 5.68. The van der Waals surface area contributed by atoms with E-state index in [4.69, 9.17) is 4.74 Å². The van der Waals surface area contributed by atoms with Gasteiger partial charge in [-0.25, -0.2) is 0 Å². The minimum atomic E-state index is -0.160. The van der Waals surface area contributed by atoms with Crippen LogP contribution in [-0.4, -0.2) is 17.9 Å². The molecule has 0 aromatic heterocycles. The van der Waals surface area contributed by atoms with Gasteiger partial charge in [-0.1, -0.05) is 25.5 Å². The molecular formula is C20H30O3. The van der Waals surface area contributed by atoms with Crippen LogP contribution < -0.4 is 0 Å². The summed E-state index contributed by atoms with van der Waals surface area (Å²) in [5.74, 6) is 1.49. The highest BCUT2D eigenvalue weighted by Crippen LogP contribution is 2.61. The molecule has 2 aliphatic carbocycles. The Hall–Kier alpha value is -1.12. The summed E-state index contributed by atoms with van der Waals surface area (Å²) in [6, 6.07) is 0. The lowest BCUT2D eigenvalue weighted by molar-refractivity contribution is -0.171. The normalized spacial score (nSPS) is 40.3. The molecule has 0 spiro atoms. The molecule has 3 rings (SSSR count). The number of ketones is 1. The van der Waals surface area contributed by atoms with Crippen molar-refractivity contribution in [2.75, 3.05) is 0 Å². The van der Waals surface area contributed by atoms with Crippen LogP contribution in [0.15, 0.2) is 11.6 Å². The Morgan fingerprint density at radius 2 is 2.13 bits per heavy atom. The van der Waals surface area contributed by atoms with Crippen LogP contribution in [0.25, 0.3) is 0 Å². The summed E-state index contributed by atoms with van der Waals surface area (Å²) in [4.78, 5) is 24.2. The summed E-state index contributed by atoms with van der Waals surface area (Å²) in [7, 11) is 0. The minimum absolute atomic E-state index is 0.0218. The van der Waals surface area contributed by atoms with E-state index in [2.05, 4.69) is 33.8 Å². The fourth-order valence-corrected chi connectivity index (χ4v) is 5.66. The minimum Gasteiger partial charge on any atom is -0.462 e. The van der Waals surface area contributed by atoms with E-state index < -0.39 is 0 Å². The second-order valence-electron chi connectivity index (χ2n) is 8.52. The summed E-state index contributed by atoms with van der Waals surface area (Å²) in [5.41, 5.74) is 1.54. The predicted octanol–water partition coefficient (Wildman–Crippen LogP) is 4.31. The van der Waals surface area contributed by atoms with E-state index in [0.29, 0.717) is 30.5 Å². The average Bonchev–Trinajstić information content (AvgIpc) is 2.76. The number of carbonyl (C=O) groups excluding carboxylic acids is 2. The van der Waals surface area contributed by atoms with E-state index in [-0.39, 0.29) is 29.3 Å². The Labute approximate surface area is 139 Å². The van der Waals surface area contributed by atoms with Crippen molar-refractivity contribution in [3.63, 3.8) is 0 Å². The van der Waals surface area contributed by atoms with Crippen molar-refractivity contribution in [2.24, 2.45) is 29.1 Å². The lowest BCUT2D eigenvalue weighted by Crippen LogP contribution is -2.49. The van der Waals surface area contributed by atoms with Gasteiger partial charge in [-0.05, 0) is 56.8 Å². The molecule has 0 N–H and O–H groups in total. The molecule has 1 saturated heterocycles. The summed E-state index contributed by atoms with van der Waals surface area (Å²) in [6.45, 7) is 9.00. The average molecular weight is 318 g/mol. The standard InChI is InChI=1S/C20H30O3/c1-12(2)6-5-7-13(3)15-11-17-19-14(10-18(22)23-17)16(21)8-9-20(15,19)4/h6,13-15,17,19H,5,7-11H2,1-4H3/t13-,14+,15-,17+,19+,20-/m1/s1. The van der Waals surface area contributed by atoms with E-state index in [1.807, 2.05) is 0 Å². The fourth-order valence-electron chi connectivity index (χ4n) is 5.66. The topological polar surface area (TPSA) is 43.4 Å². The van der Waals surface area contributed by atoms with Gasteiger partial charge in [0.1, 0.15) is 11.9 Å². The quantitative estimate of drug-likeness (QED) is 0.573. The molecule has 0 bridgehead atoms. The Bertz CT molecular complexity index is 531. The fraction of sp³-hybridized carbons (Fsp3) is 0.800. The molecule has 1 heterocycles. The Kier molecular flexibility index (Phi) is 4.41. The van der Waals surface area contributed by atoms with E-state index >= 15 is 0 Å². The highest BCUT2D eigenvalue weighted by atomic mass is 16.5. The maximum atomic E-state index is 12.3. The van der Waals surface area contributed by atoms with Gasteiger partial charge in [-0.3, -0.25) is 9.59 Å². The Morgan fingerprint density at radius 3 is 2.83 bits per heavy atom. The first-order chi connectivity index (χ1) is 10.8. The van der Waals surface area contributed by atoms with Gasteiger partial charge in [0, 0.05) is 18.3 Å². The molecule has 3 nitrogen and oxygen atoms in total. The second kappa shape index (κ2) is 6.07. The summed E-state index contributed by atoms with van der Waals surface area (Å²) >= 11 is 0. The SMILES string of the molecule is CC(C)=CCC[C@@H](C)[C@H]1C[C@@H]2OC(=O)C[C@H]3C(=O)CC[C@@]1(C)[C@H]23. The molecule has 3 aliphatic rings. The molecular weight excluding hydrogens is 288 g/mol. The lowest BCUT2D eigenvalue weighted by atomic mass is 9.57. The van der Waals surface area contributed by atoms with Gasteiger partial charge >= 0.3 is 5.97 Å². The van der Waals surface area contributed by atoms with Gasteiger partial charge in [0.2, 0.25) is 0 Å². The number of esters is 1. The van der Waals surface area contributed by atoms with Crippen LogP contribution in [-0.2, 0) is 14.3 Å². The van der Waals surface area contributed by atoms with Crippen LogP contribution in [0.1, 0.15) is 66.2 Å². The first-order valence-electron chi connectivity index (χ1n) is 9.18. The van der Waals surface area contributed by atoms with Gasteiger partial charge in [-0.15, -0.1) is 0 Å². The zero-order valence-electron chi connectivity index (χ0n) is 14.9. The summed E-state index contributed by atoms with van der Waals surface area (Å²) in [6.07, 6.45) is 7.47. The predicted molar refractivity (Wildman–Crippen MR) is 89.8 cm³/mol. The zero-order chi connectivity index (χ0) is 16.8. The number of hydrogen-bond donors (Lipinski definition) is 0. The Morgan fingerprint density at radius 1 is 1.39 bits per heavy atom. The van der Waals surface area contributed by atoms with Crippen molar-refractivity contribution in [1.29, 1.82) is 0 Å². The smallest absolute Gasteiger partial charge is 0.306 e. The maximum Gasteiger partial charge on any atom is 0.306 e. The van der Waals surface area contributed by atoms with Gasteiger partial charge in [-0.2, -0.15) is 0 Å². The molecule has 0 aromatic carbocycles. The van der Waals surface area contributed by atoms with Gasteiger partial charge in [0.25, 0.3) is 0 Å². The van der Waals surface area contributed by atoms with Crippen LogP contribution in [0.4, 0.5) is 0 Å². The monoisotopic (exact) mass is 318 g/mol. The van der Waals surface area contributed by atoms with Crippen LogP contribution in [0.2, 0.25) is 0 Å². The van der Waals surface area contributed by atoms with Crippen LogP contribution >= 0.6 is 0 Å². The third-order valence-electron chi connectivity index (χ3n) is 6.78. The molecule has 0 amide bonds. The number of hydrogen-bond acceptors (Lipinski definition) is 3. The number of allylic oxidation sites excluding steroid dienone is 2. The molecule has 2 saturated carbocycles. The largest absolute Gasteiger partial charge is 0.462 e. The van der Waals surface area contributed by atoms with E-state index in [0.717, 1.165) is 19.3 Å². The molecule has 3 fully saturated rings. The van der Waals surface area contributed by atoms with Crippen LogP contribution in [0.3, 0.4) is 0 Å². The molecule has 23 heavy (non-hydrogen) atoms. The van der Waals surface area contributed by atoms with Crippen molar-refractivity contribution in [1.82, 2.24) is 0 Å². The molecule has 6 atom stereocenters. The first kappa shape index (κ1) is 16.7. The molecule has 128 valence electrons. The van der Waals surface area contributed by atoms with Crippen molar-refractivity contribution in [3.8, 4) is 0 Å². The number of Topliss-reactive ketones (excluding diaryl/α,β-unsaturated/α-hetero) is 1. The van der Waals surface area contributed by atoms with Crippen LogP contribution in [0.5, 0.6) is 0 Å². The van der Waals surface area contributed by atoms with E-state index in [1.165, 1.54) is 12.0 Å². The first-order valence-corrected chi connectivity index (χ1v) is 9.18. The zero-order valence-corrected chi connectivity index (χ0v) is 14.9. The molecule has 3 heteroatoms. The maximum absolute atomic E-state index is 12.3. The molecule has 0 radical (unpaired) electrons. The molecule has 0 unspecified atom stereocenters. The second-order valence-corrected chi connectivity index (χ2v) is 8.52. The third kappa shape index (κ3) is 2.88. The molecule has 1 aliphatic heterocycles. The van der Waals surface area contributed by atoms with Crippen molar-refractivity contribution < 1.29 is 14.3 Å². The highest BCUT2D eigenvalue weighted by molar-refractivity contribution is 5.87. The number of rotatable bonds is 4.